The predicted molar refractivity (Wildman–Crippen MR) is 71.0 cm³/mol. The van der Waals surface area contributed by atoms with Gasteiger partial charge < -0.3 is 15.3 Å². The average Bonchev–Trinajstić information content (AvgIpc) is 3.13. The Kier molecular flexibility index (Phi) is 3.99. The van der Waals surface area contributed by atoms with Crippen molar-refractivity contribution in [2.75, 3.05) is 32.7 Å². The number of hydrogen-bond donors (Lipinski definition) is 2. The van der Waals surface area contributed by atoms with Gasteiger partial charge in [-0.05, 0) is 32.6 Å². The molecule has 108 valence electrons. The minimum Gasteiger partial charge on any atom is -0.480 e. The molecule has 0 aromatic heterocycles. The Balaban J connectivity index is 1.76. The van der Waals surface area contributed by atoms with E-state index in [0.717, 1.165) is 25.6 Å². The minimum absolute atomic E-state index is 0.279. The van der Waals surface area contributed by atoms with E-state index in [2.05, 4.69) is 10.2 Å². The molecule has 0 spiro atoms. The number of nitrogens with one attached hydrogen (secondary N) is 1. The third-order valence-electron chi connectivity index (χ3n) is 3.83. The van der Waals surface area contributed by atoms with Crippen LogP contribution in [0.15, 0.2) is 0 Å². The Labute approximate surface area is 113 Å². The summed E-state index contributed by atoms with van der Waals surface area (Å²) in [5, 5.41) is 11.6. The van der Waals surface area contributed by atoms with Crippen LogP contribution in [0.5, 0.6) is 0 Å². The van der Waals surface area contributed by atoms with Gasteiger partial charge in [-0.3, -0.25) is 4.90 Å². The molecule has 2 amide bonds. The number of carboxylic acid groups (broad SMARTS) is 1. The molecule has 0 radical (unpaired) electrons. The van der Waals surface area contributed by atoms with Gasteiger partial charge in [0.15, 0.2) is 0 Å². The molecule has 1 saturated carbocycles. The first-order valence-corrected chi connectivity index (χ1v) is 6.91. The first-order valence-electron chi connectivity index (χ1n) is 6.91. The fraction of sp³-hybridized carbons (Fsp3) is 0.846. The summed E-state index contributed by atoms with van der Waals surface area (Å²) < 4.78 is 0. The summed E-state index contributed by atoms with van der Waals surface area (Å²) in [6, 6.07) is -0.279. The average molecular weight is 269 g/mol. The minimum atomic E-state index is -1.22. The van der Waals surface area contributed by atoms with Crippen molar-refractivity contribution in [1.29, 1.82) is 0 Å². The lowest BCUT2D eigenvalue weighted by atomic mass is 10.1. The highest BCUT2D eigenvalue weighted by Gasteiger charge is 2.32. The molecule has 0 bridgehead atoms. The zero-order valence-electron chi connectivity index (χ0n) is 11.7. The van der Waals surface area contributed by atoms with Crippen LogP contribution in [0.4, 0.5) is 4.79 Å². The van der Waals surface area contributed by atoms with Gasteiger partial charge >= 0.3 is 12.0 Å². The van der Waals surface area contributed by atoms with Gasteiger partial charge in [0.2, 0.25) is 0 Å². The Bertz CT molecular complexity index is 358. The molecule has 2 fully saturated rings. The normalized spacial score (nSPS) is 21.3. The molecule has 0 atom stereocenters. The van der Waals surface area contributed by atoms with Crippen LogP contribution in [-0.2, 0) is 4.79 Å². The van der Waals surface area contributed by atoms with Crippen LogP contribution in [0.25, 0.3) is 0 Å². The van der Waals surface area contributed by atoms with Crippen LogP contribution in [0.2, 0.25) is 0 Å². The van der Waals surface area contributed by atoms with Gasteiger partial charge in [-0.15, -0.1) is 0 Å². The Morgan fingerprint density at radius 3 is 2.26 bits per heavy atom. The Morgan fingerprint density at radius 2 is 1.79 bits per heavy atom. The summed E-state index contributed by atoms with van der Waals surface area (Å²) in [5.41, 5.74) is -1.22. The monoisotopic (exact) mass is 269 g/mol. The second kappa shape index (κ2) is 5.36. The van der Waals surface area contributed by atoms with Crippen LogP contribution in [0, 0.1) is 5.92 Å². The van der Waals surface area contributed by atoms with E-state index in [9.17, 15) is 9.59 Å². The maximum absolute atomic E-state index is 12.0. The molecule has 2 rings (SSSR count). The van der Waals surface area contributed by atoms with Crippen LogP contribution in [0.1, 0.15) is 26.7 Å². The molecule has 0 unspecified atom stereocenters. The molecule has 1 aliphatic heterocycles. The highest BCUT2D eigenvalue weighted by Crippen LogP contribution is 2.29. The highest BCUT2D eigenvalue weighted by atomic mass is 16.4. The molecule has 0 aromatic rings. The van der Waals surface area contributed by atoms with E-state index in [1.54, 1.807) is 4.90 Å². The van der Waals surface area contributed by atoms with Gasteiger partial charge in [0.25, 0.3) is 0 Å². The molecule has 19 heavy (non-hydrogen) atoms. The highest BCUT2D eigenvalue weighted by molar-refractivity contribution is 5.85. The molecule has 1 heterocycles. The molecule has 1 saturated heterocycles. The Hall–Kier alpha value is -1.30. The number of urea groups is 1. The number of carboxylic acids is 1. The Morgan fingerprint density at radius 1 is 1.21 bits per heavy atom. The van der Waals surface area contributed by atoms with Crippen LogP contribution in [-0.4, -0.2) is 65.2 Å². The van der Waals surface area contributed by atoms with Crippen LogP contribution >= 0.6 is 0 Å². The maximum Gasteiger partial charge on any atom is 0.328 e. The molecule has 0 aromatic carbocycles. The number of aliphatic carboxylic acids is 1. The van der Waals surface area contributed by atoms with E-state index >= 15 is 0 Å². The zero-order chi connectivity index (χ0) is 14.0. The zero-order valence-corrected chi connectivity index (χ0v) is 11.7. The maximum atomic E-state index is 12.0. The van der Waals surface area contributed by atoms with Gasteiger partial charge in [-0.2, -0.15) is 0 Å². The lowest BCUT2D eigenvalue weighted by Crippen LogP contribution is -2.58. The number of carbonyl (C=O) groups is 2. The van der Waals surface area contributed by atoms with Crippen molar-refractivity contribution < 1.29 is 14.7 Å². The van der Waals surface area contributed by atoms with Crippen molar-refractivity contribution in [3.63, 3.8) is 0 Å². The summed E-state index contributed by atoms with van der Waals surface area (Å²) in [5.74, 6) is -0.153. The fourth-order valence-corrected chi connectivity index (χ4v) is 2.20. The van der Waals surface area contributed by atoms with E-state index in [0.29, 0.717) is 13.1 Å². The van der Waals surface area contributed by atoms with Crippen LogP contribution in [0.3, 0.4) is 0 Å². The fourth-order valence-electron chi connectivity index (χ4n) is 2.20. The number of nitrogens with zero attached hydrogens (tertiary/aromatic N) is 2. The first-order chi connectivity index (χ1) is 8.88. The third-order valence-corrected chi connectivity index (χ3v) is 3.83. The first kappa shape index (κ1) is 14.1. The summed E-state index contributed by atoms with van der Waals surface area (Å²) in [4.78, 5) is 27.1. The number of piperazine rings is 1. The van der Waals surface area contributed by atoms with Crippen molar-refractivity contribution in [2.24, 2.45) is 5.92 Å². The lowest BCUT2D eigenvalue weighted by Gasteiger charge is -2.36. The summed E-state index contributed by atoms with van der Waals surface area (Å²) in [7, 11) is 0. The quantitative estimate of drug-likeness (QED) is 0.783. The standard InChI is InChI=1S/C13H23N3O3/c1-13(2,11(17)18)14-12(19)16-7-5-15(6-8-16)9-10-3-4-10/h10H,3-9H2,1-2H3,(H,14,19)(H,17,18). The molecule has 2 aliphatic rings. The van der Waals surface area contributed by atoms with E-state index in [1.807, 2.05) is 0 Å². The summed E-state index contributed by atoms with van der Waals surface area (Å²) >= 11 is 0. The van der Waals surface area contributed by atoms with Crippen molar-refractivity contribution in [1.82, 2.24) is 15.1 Å². The third kappa shape index (κ3) is 3.83. The second-order valence-electron chi connectivity index (χ2n) is 6.09. The lowest BCUT2D eigenvalue weighted by molar-refractivity contribution is -0.143. The SMILES string of the molecule is CC(C)(NC(=O)N1CCN(CC2CC2)CC1)C(=O)O. The van der Waals surface area contributed by atoms with Crippen molar-refractivity contribution in [3.8, 4) is 0 Å². The molecular weight excluding hydrogens is 246 g/mol. The second-order valence-corrected chi connectivity index (χ2v) is 6.09. The molecule has 6 heteroatoms. The van der Waals surface area contributed by atoms with Crippen molar-refractivity contribution in [3.05, 3.63) is 0 Å². The van der Waals surface area contributed by atoms with E-state index in [1.165, 1.54) is 26.7 Å². The van der Waals surface area contributed by atoms with Gasteiger partial charge in [-0.1, -0.05) is 0 Å². The molecule has 2 N–H and O–H groups in total. The number of rotatable bonds is 4. The van der Waals surface area contributed by atoms with Gasteiger partial charge in [0.05, 0.1) is 0 Å². The van der Waals surface area contributed by atoms with Gasteiger partial charge in [0.1, 0.15) is 5.54 Å². The van der Waals surface area contributed by atoms with Gasteiger partial charge in [0, 0.05) is 32.7 Å². The van der Waals surface area contributed by atoms with Crippen molar-refractivity contribution >= 4 is 12.0 Å². The largest absolute Gasteiger partial charge is 0.480 e. The number of carbonyl (C=O) groups excluding carboxylic acids is 1. The van der Waals surface area contributed by atoms with Gasteiger partial charge in [-0.25, -0.2) is 9.59 Å². The smallest absolute Gasteiger partial charge is 0.328 e. The molecular formula is C13H23N3O3. The molecule has 6 nitrogen and oxygen atoms in total. The summed E-state index contributed by atoms with van der Waals surface area (Å²) in [6.07, 6.45) is 2.68. The van der Waals surface area contributed by atoms with E-state index < -0.39 is 11.5 Å². The summed E-state index contributed by atoms with van der Waals surface area (Å²) in [6.45, 7) is 7.26. The van der Waals surface area contributed by atoms with Crippen molar-refractivity contribution in [2.45, 2.75) is 32.2 Å². The molecule has 1 aliphatic carbocycles. The van der Waals surface area contributed by atoms with Crippen LogP contribution < -0.4 is 5.32 Å². The number of amides is 2. The topological polar surface area (TPSA) is 72.9 Å². The number of hydrogen-bond acceptors (Lipinski definition) is 3. The van der Waals surface area contributed by atoms with E-state index in [4.69, 9.17) is 5.11 Å². The van der Waals surface area contributed by atoms with E-state index in [-0.39, 0.29) is 6.03 Å². The predicted octanol–water partition coefficient (Wildman–Crippen LogP) is 0.587.